The molecular weight excluding hydrogens is 430 g/mol. The van der Waals surface area contributed by atoms with Gasteiger partial charge < -0.3 is 20.3 Å². The van der Waals surface area contributed by atoms with Gasteiger partial charge in [-0.2, -0.15) is 0 Å². The Labute approximate surface area is 202 Å². The van der Waals surface area contributed by atoms with E-state index in [1.54, 1.807) is 32.6 Å². The average molecular weight is 468 g/mol. The third kappa shape index (κ3) is 7.33. The fourth-order valence-electron chi connectivity index (χ4n) is 3.55. The molecule has 2 aromatic rings. The summed E-state index contributed by atoms with van der Waals surface area (Å²) >= 11 is 0. The normalized spacial score (nSPS) is 13.9. The molecule has 184 valence electrons. The van der Waals surface area contributed by atoms with E-state index in [-0.39, 0.29) is 17.9 Å². The van der Waals surface area contributed by atoms with Gasteiger partial charge in [0.25, 0.3) is 5.91 Å². The number of alkyl carbamates (subject to hydrolysis) is 1. The van der Waals surface area contributed by atoms with Crippen LogP contribution in [0, 0.1) is 6.92 Å². The highest BCUT2D eigenvalue weighted by atomic mass is 16.6. The molecule has 0 aliphatic rings. The molecule has 3 atom stereocenters. The molecule has 0 heterocycles. The molecule has 0 bridgehead atoms. The van der Waals surface area contributed by atoms with Crippen LogP contribution < -0.4 is 10.6 Å². The first kappa shape index (κ1) is 26.9. The van der Waals surface area contributed by atoms with Gasteiger partial charge in [0.1, 0.15) is 17.7 Å². The largest absolute Gasteiger partial charge is 0.444 e. The number of ether oxygens (including phenoxy) is 1. The van der Waals surface area contributed by atoms with E-state index in [9.17, 15) is 14.4 Å². The molecule has 7 heteroatoms. The molecule has 3 unspecified atom stereocenters. The summed E-state index contributed by atoms with van der Waals surface area (Å²) in [5.74, 6) is -0.687. The highest BCUT2D eigenvalue weighted by molar-refractivity contribution is 5.99. The van der Waals surface area contributed by atoms with Crippen LogP contribution in [-0.4, -0.2) is 40.5 Å². The van der Waals surface area contributed by atoms with Crippen molar-refractivity contribution in [3.05, 3.63) is 65.7 Å². The van der Waals surface area contributed by atoms with Gasteiger partial charge in [-0.05, 0) is 65.2 Å². The van der Waals surface area contributed by atoms with Crippen molar-refractivity contribution in [2.75, 3.05) is 5.32 Å². The SMILES string of the molecule is CCC(C)N(C(=O)C(C)NC(=O)OC(C)(C)C)C(C(=O)Nc1ccccc1C)c1ccccc1. The van der Waals surface area contributed by atoms with Gasteiger partial charge in [-0.1, -0.05) is 55.5 Å². The van der Waals surface area contributed by atoms with Crippen LogP contribution in [0.15, 0.2) is 54.6 Å². The van der Waals surface area contributed by atoms with Crippen LogP contribution in [0.2, 0.25) is 0 Å². The molecule has 0 saturated heterocycles. The van der Waals surface area contributed by atoms with Crippen LogP contribution in [0.4, 0.5) is 10.5 Å². The monoisotopic (exact) mass is 467 g/mol. The Kier molecular flexibility index (Phi) is 9.24. The van der Waals surface area contributed by atoms with Crippen molar-refractivity contribution >= 4 is 23.6 Å². The van der Waals surface area contributed by atoms with Gasteiger partial charge in [0, 0.05) is 11.7 Å². The molecule has 2 rings (SSSR count). The number of hydrogen-bond donors (Lipinski definition) is 2. The average Bonchev–Trinajstić information content (AvgIpc) is 2.77. The Morgan fingerprint density at radius 2 is 1.56 bits per heavy atom. The zero-order valence-corrected chi connectivity index (χ0v) is 21.2. The topological polar surface area (TPSA) is 87.7 Å². The van der Waals surface area contributed by atoms with E-state index in [1.165, 1.54) is 0 Å². The van der Waals surface area contributed by atoms with E-state index in [1.807, 2.05) is 75.4 Å². The van der Waals surface area contributed by atoms with Crippen LogP contribution in [0.25, 0.3) is 0 Å². The second kappa shape index (κ2) is 11.7. The molecule has 0 aromatic heterocycles. The van der Waals surface area contributed by atoms with Crippen LogP contribution >= 0.6 is 0 Å². The van der Waals surface area contributed by atoms with Crippen molar-refractivity contribution in [3.63, 3.8) is 0 Å². The van der Waals surface area contributed by atoms with Crippen molar-refractivity contribution in [1.29, 1.82) is 0 Å². The molecule has 0 spiro atoms. The van der Waals surface area contributed by atoms with Gasteiger partial charge in [-0.25, -0.2) is 4.79 Å². The fraction of sp³-hybridized carbons (Fsp3) is 0.444. The van der Waals surface area contributed by atoms with Crippen molar-refractivity contribution in [3.8, 4) is 0 Å². The van der Waals surface area contributed by atoms with Crippen LogP contribution in [0.1, 0.15) is 65.1 Å². The molecule has 34 heavy (non-hydrogen) atoms. The molecular formula is C27H37N3O4. The maximum Gasteiger partial charge on any atom is 0.408 e. The summed E-state index contributed by atoms with van der Waals surface area (Å²) in [4.78, 5) is 41.2. The number of amides is 3. The van der Waals surface area contributed by atoms with Gasteiger partial charge in [0.05, 0.1) is 0 Å². The second-order valence-corrected chi connectivity index (χ2v) is 9.49. The van der Waals surface area contributed by atoms with E-state index in [4.69, 9.17) is 4.74 Å². The number of hydrogen-bond acceptors (Lipinski definition) is 4. The number of para-hydroxylation sites is 1. The Morgan fingerprint density at radius 3 is 2.12 bits per heavy atom. The summed E-state index contributed by atoms with van der Waals surface area (Å²) in [5.41, 5.74) is 1.60. The smallest absolute Gasteiger partial charge is 0.408 e. The zero-order valence-electron chi connectivity index (χ0n) is 21.2. The van der Waals surface area contributed by atoms with E-state index >= 15 is 0 Å². The summed E-state index contributed by atoms with van der Waals surface area (Å²) in [5, 5.41) is 5.60. The van der Waals surface area contributed by atoms with Crippen LogP contribution in [-0.2, 0) is 14.3 Å². The van der Waals surface area contributed by atoms with Gasteiger partial charge in [-0.15, -0.1) is 0 Å². The molecule has 3 amide bonds. The molecule has 0 saturated carbocycles. The summed E-state index contributed by atoms with van der Waals surface area (Å²) in [6.45, 7) is 12.6. The van der Waals surface area contributed by atoms with Gasteiger partial charge in [0.15, 0.2) is 0 Å². The Morgan fingerprint density at radius 1 is 0.971 bits per heavy atom. The first-order chi connectivity index (χ1) is 15.9. The quantitative estimate of drug-likeness (QED) is 0.557. The molecule has 0 fully saturated rings. The summed E-state index contributed by atoms with van der Waals surface area (Å²) in [7, 11) is 0. The van der Waals surface area contributed by atoms with E-state index in [2.05, 4.69) is 10.6 Å². The van der Waals surface area contributed by atoms with Gasteiger partial charge in [0.2, 0.25) is 5.91 Å². The second-order valence-electron chi connectivity index (χ2n) is 9.49. The summed E-state index contributed by atoms with van der Waals surface area (Å²) in [6, 6.07) is 14.7. The Bertz CT molecular complexity index is 985. The summed E-state index contributed by atoms with van der Waals surface area (Å²) in [6.07, 6.45) is -0.0515. The minimum absolute atomic E-state index is 0.261. The molecule has 0 radical (unpaired) electrons. The third-order valence-electron chi connectivity index (χ3n) is 5.47. The lowest BCUT2D eigenvalue weighted by Crippen LogP contribution is -2.53. The minimum Gasteiger partial charge on any atom is -0.444 e. The number of carbonyl (C=O) groups excluding carboxylic acids is 3. The lowest BCUT2D eigenvalue weighted by molar-refractivity contribution is -0.143. The fourth-order valence-corrected chi connectivity index (χ4v) is 3.55. The first-order valence-corrected chi connectivity index (χ1v) is 11.7. The maximum atomic E-state index is 13.7. The van der Waals surface area contributed by atoms with Crippen molar-refractivity contribution in [2.45, 2.75) is 78.6 Å². The van der Waals surface area contributed by atoms with E-state index < -0.39 is 23.8 Å². The number of carbonyl (C=O) groups is 3. The number of nitrogens with zero attached hydrogens (tertiary/aromatic N) is 1. The molecule has 7 nitrogen and oxygen atoms in total. The molecule has 0 aliphatic carbocycles. The van der Waals surface area contributed by atoms with Crippen molar-refractivity contribution in [1.82, 2.24) is 10.2 Å². The van der Waals surface area contributed by atoms with E-state index in [0.29, 0.717) is 17.7 Å². The number of aryl methyl sites for hydroxylation is 1. The van der Waals surface area contributed by atoms with Crippen molar-refractivity contribution < 1.29 is 19.1 Å². The zero-order chi connectivity index (χ0) is 25.5. The highest BCUT2D eigenvalue weighted by Gasteiger charge is 2.37. The number of rotatable bonds is 8. The molecule has 0 aliphatic heterocycles. The maximum absolute atomic E-state index is 13.7. The number of anilines is 1. The standard InChI is InChI=1S/C27H37N3O4/c1-8-19(3)30(25(32)20(4)28-26(33)34-27(5,6)7)23(21-15-10-9-11-16-21)24(31)29-22-17-13-12-14-18(22)2/h9-17,19-20,23H,8H2,1-7H3,(H,28,33)(H,29,31). The van der Waals surface area contributed by atoms with Crippen molar-refractivity contribution in [2.24, 2.45) is 0 Å². The predicted molar refractivity (Wildman–Crippen MR) is 134 cm³/mol. The number of nitrogens with one attached hydrogen (secondary N) is 2. The molecule has 2 aromatic carbocycles. The predicted octanol–water partition coefficient (Wildman–Crippen LogP) is 5.22. The molecule has 2 N–H and O–H groups in total. The van der Waals surface area contributed by atoms with E-state index in [0.717, 1.165) is 5.56 Å². The minimum atomic E-state index is -0.888. The first-order valence-electron chi connectivity index (χ1n) is 11.7. The van der Waals surface area contributed by atoms with Crippen LogP contribution in [0.5, 0.6) is 0 Å². The Balaban J connectivity index is 2.42. The van der Waals surface area contributed by atoms with Gasteiger partial charge >= 0.3 is 6.09 Å². The lowest BCUT2D eigenvalue weighted by atomic mass is 10.00. The van der Waals surface area contributed by atoms with Crippen LogP contribution in [0.3, 0.4) is 0 Å². The third-order valence-corrected chi connectivity index (χ3v) is 5.47. The highest BCUT2D eigenvalue weighted by Crippen LogP contribution is 2.28. The number of benzene rings is 2. The van der Waals surface area contributed by atoms with Gasteiger partial charge in [-0.3, -0.25) is 9.59 Å². The summed E-state index contributed by atoms with van der Waals surface area (Å²) < 4.78 is 5.31. The lowest BCUT2D eigenvalue weighted by Gasteiger charge is -2.37. The Hall–Kier alpha value is -3.35.